The van der Waals surface area contributed by atoms with Crippen molar-refractivity contribution in [3.63, 3.8) is 0 Å². The van der Waals surface area contributed by atoms with Crippen molar-refractivity contribution in [1.82, 2.24) is 0 Å². The van der Waals surface area contributed by atoms with Crippen LogP contribution in [0.1, 0.15) is 197 Å². The van der Waals surface area contributed by atoms with E-state index in [2.05, 4.69) is 13.8 Å². The summed E-state index contributed by atoms with van der Waals surface area (Å²) >= 11 is 0. The monoisotopic (exact) mass is 746 g/mol. The zero-order valence-corrected chi connectivity index (χ0v) is 32.3. The van der Waals surface area contributed by atoms with Crippen molar-refractivity contribution in [2.24, 2.45) is 11.8 Å². The van der Waals surface area contributed by atoms with Gasteiger partial charge in [-0.3, -0.25) is 19.2 Å². The molecule has 0 aliphatic heterocycles. The molecule has 0 saturated heterocycles. The number of ketones is 2. The summed E-state index contributed by atoms with van der Waals surface area (Å²) in [5.41, 5.74) is -0.0300. The third-order valence-electron chi connectivity index (χ3n) is 10.5. The Balaban J connectivity index is 1.53. The van der Waals surface area contributed by atoms with E-state index in [0.29, 0.717) is 38.5 Å². The Morgan fingerprint density at radius 2 is 0.870 bits per heavy atom. The van der Waals surface area contributed by atoms with Gasteiger partial charge in [0.25, 0.3) is 0 Å². The second kappa shape index (κ2) is 22.8. The maximum Gasteiger partial charge on any atom is 0.390 e. The molecule has 2 aromatic carbocycles. The van der Waals surface area contributed by atoms with Crippen molar-refractivity contribution in [2.45, 2.75) is 155 Å². The average Bonchev–Trinajstić information content (AvgIpc) is 3.20. The molecule has 0 atom stereocenters. The topological polar surface area (TPSA) is 139 Å². The largest absolute Gasteiger partial charge is 0.425 e. The van der Waals surface area contributed by atoms with Gasteiger partial charge in [0, 0.05) is 24.0 Å². The molecule has 0 spiro atoms. The maximum atomic E-state index is 13.6. The molecule has 0 bridgehead atoms. The van der Waals surface area contributed by atoms with Gasteiger partial charge in [0.1, 0.15) is 22.6 Å². The number of rotatable bonds is 20. The Hall–Kier alpha value is -4.34. The minimum absolute atomic E-state index is 0.111. The van der Waals surface area contributed by atoms with E-state index in [9.17, 15) is 28.8 Å². The van der Waals surface area contributed by atoms with Gasteiger partial charge in [0.05, 0.1) is 11.8 Å². The fourth-order valence-electron chi connectivity index (χ4n) is 7.20. The Kier molecular flexibility index (Phi) is 17.9. The average molecular weight is 747 g/mol. The number of unbranched alkanes of at least 4 members (excludes halogenated alkanes) is 8. The Morgan fingerprint density at radius 1 is 0.500 bits per heavy atom. The lowest BCUT2D eigenvalue weighted by atomic mass is 9.89. The van der Waals surface area contributed by atoms with Crippen LogP contribution >= 0.6 is 0 Å². The first-order chi connectivity index (χ1) is 26.2. The highest BCUT2D eigenvalue weighted by atomic mass is 17.2. The molecule has 2 aromatic rings. The van der Waals surface area contributed by atoms with Crippen LogP contribution in [0, 0.1) is 11.8 Å². The van der Waals surface area contributed by atoms with Crippen molar-refractivity contribution in [3.8, 4) is 11.5 Å². The summed E-state index contributed by atoms with van der Waals surface area (Å²) in [5, 5.41) is 0. The van der Waals surface area contributed by atoms with Crippen LogP contribution in [0.4, 0.5) is 0 Å². The fraction of sp³-hybridized carbons (Fsp3) is 0.591. The number of carbonyl (C=O) groups excluding carboxylic acids is 6. The van der Waals surface area contributed by atoms with Gasteiger partial charge in [0.2, 0.25) is 0 Å². The summed E-state index contributed by atoms with van der Waals surface area (Å²) in [5.74, 6) is -4.49. The quantitative estimate of drug-likeness (QED) is 0.0321. The van der Waals surface area contributed by atoms with E-state index in [1.165, 1.54) is 36.4 Å². The molecular weight excluding hydrogens is 688 g/mol. The van der Waals surface area contributed by atoms with Gasteiger partial charge in [0.15, 0.2) is 11.6 Å². The number of hydrogen-bond donors (Lipinski definition) is 0. The second-order valence-electron chi connectivity index (χ2n) is 14.9. The van der Waals surface area contributed by atoms with Crippen LogP contribution in [0.5, 0.6) is 11.5 Å². The Bertz CT molecular complexity index is 1460. The van der Waals surface area contributed by atoms with Crippen LogP contribution < -0.4 is 9.47 Å². The molecule has 0 unspecified atom stereocenters. The number of Topliss-reactive ketones (excluding diaryl/α,β-unsaturated/α-hetero) is 2. The van der Waals surface area contributed by atoms with Crippen molar-refractivity contribution in [3.05, 3.63) is 58.7 Å². The SMILES string of the molecule is CCCCCCCC(=O)c1ccc(OC(=O)C2CCCCC2)c(C(=O)OOC(=O)c2cc(C(=O)CCCCCCC)ccc2OC(=O)C2CCCCC2)c1. The minimum atomic E-state index is -1.16. The van der Waals surface area contributed by atoms with Gasteiger partial charge in [-0.1, -0.05) is 104 Å². The molecule has 294 valence electrons. The molecule has 0 radical (unpaired) electrons. The van der Waals surface area contributed by atoms with E-state index in [4.69, 9.17) is 19.2 Å². The van der Waals surface area contributed by atoms with Gasteiger partial charge >= 0.3 is 23.9 Å². The third kappa shape index (κ3) is 13.2. The minimum Gasteiger partial charge on any atom is -0.425 e. The highest BCUT2D eigenvalue weighted by Crippen LogP contribution is 2.31. The van der Waals surface area contributed by atoms with E-state index in [1.807, 2.05) is 0 Å². The molecule has 2 aliphatic carbocycles. The first-order valence-electron chi connectivity index (χ1n) is 20.4. The van der Waals surface area contributed by atoms with E-state index >= 15 is 0 Å². The van der Waals surface area contributed by atoms with Crippen LogP contribution in [-0.2, 0) is 19.4 Å². The van der Waals surface area contributed by atoms with E-state index in [-0.39, 0.29) is 70.0 Å². The van der Waals surface area contributed by atoms with Gasteiger partial charge in [-0.25, -0.2) is 19.4 Å². The summed E-state index contributed by atoms with van der Waals surface area (Å²) in [6.07, 6.45) is 18.6. The van der Waals surface area contributed by atoms with Crippen LogP contribution in [0.15, 0.2) is 36.4 Å². The zero-order chi connectivity index (χ0) is 38.7. The predicted octanol–water partition coefficient (Wildman–Crippen LogP) is 10.7. The molecule has 0 aromatic heterocycles. The number of ether oxygens (including phenoxy) is 2. The summed E-state index contributed by atoms with van der Waals surface area (Å²) in [6, 6.07) is 8.41. The highest BCUT2D eigenvalue weighted by molar-refractivity contribution is 6.02. The van der Waals surface area contributed by atoms with Crippen molar-refractivity contribution in [2.75, 3.05) is 0 Å². The first kappa shape index (κ1) is 42.4. The lowest BCUT2D eigenvalue weighted by Crippen LogP contribution is -2.24. The molecule has 4 rings (SSSR count). The Morgan fingerprint density at radius 3 is 1.24 bits per heavy atom. The summed E-state index contributed by atoms with van der Waals surface area (Å²) in [4.78, 5) is 89.6. The lowest BCUT2D eigenvalue weighted by molar-refractivity contribution is -0.187. The summed E-state index contributed by atoms with van der Waals surface area (Å²) < 4.78 is 11.4. The molecule has 2 fully saturated rings. The van der Waals surface area contributed by atoms with E-state index < -0.39 is 23.9 Å². The molecule has 10 heteroatoms. The first-order valence-corrected chi connectivity index (χ1v) is 20.4. The second-order valence-corrected chi connectivity index (χ2v) is 14.9. The molecule has 0 N–H and O–H groups in total. The standard InChI is InChI=1S/C44H58O10/c1-3-5-7-9-17-23-37(45)33-25-27-39(51-41(47)31-19-13-11-14-20-31)35(29-33)43(49)53-54-44(50)36-30-34(38(46)24-18-10-8-6-4-2)26-28-40(36)52-42(48)32-21-15-12-16-22-32/h25-32H,3-24H2,1-2H3. The molecule has 0 heterocycles. The molecule has 2 saturated carbocycles. The van der Waals surface area contributed by atoms with Crippen LogP contribution in [0.25, 0.3) is 0 Å². The van der Waals surface area contributed by atoms with Crippen LogP contribution in [0.2, 0.25) is 0 Å². The normalized spacial score (nSPS) is 14.9. The summed E-state index contributed by atoms with van der Waals surface area (Å²) in [6.45, 7) is 4.24. The summed E-state index contributed by atoms with van der Waals surface area (Å²) in [7, 11) is 0. The van der Waals surface area contributed by atoms with E-state index in [1.54, 1.807) is 0 Å². The molecule has 10 nitrogen and oxygen atoms in total. The number of esters is 2. The van der Waals surface area contributed by atoms with Crippen LogP contribution in [0.3, 0.4) is 0 Å². The van der Waals surface area contributed by atoms with Crippen LogP contribution in [-0.4, -0.2) is 35.4 Å². The lowest BCUT2D eigenvalue weighted by Gasteiger charge is -2.20. The molecule has 54 heavy (non-hydrogen) atoms. The zero-order valence-electron chi connectivity index (χ0n) is 32.3. The number of benzene rings is 2. The fourth-order valence-corrected chi connectivity index (χ4v) is 7.20. The smallest absolute Gasteiger partial charge is 0.390 e. The van der Waals surface area contributed by atoms with Gasteiger partial charge in [-0.2, -0.15) is 0 Å². The van der Waals surface area contributed by atoms with Crippen molar-refractivity contribution in [1.29, 1.82) is 0 Å². The molecule has 0 amide bonds. The highest BCUT2D eigenvalue weighted by Gasteiger charge is 2.29. The Labute approximate surface area is 320 Å². The molecule has 2 aliphatic rings. The van der Waals surface area contributed by atoms with Crippen molar-refractivity contribution < 1.29 is 48.0 Å². The third-order valence-corrected chi connectivity index (χ3v) is 10.5. The number of hydrogen-bond acceptors (Lipinski definition) is 10. The maximum absolute atomic E-state index is 13.6. The van der Waals surface area contributed by atoms with E-state index in [0.717, 1.165) is 89.9 Å². The molecular formula is C44H58O10. The van der Waals surface area contributed by atoms with Crippen molar-refractivity contribution >= 4 is 35.4 Å². The van der Waals surface area contributed by atoms with Gasteiger partial charge in [-0.05, 0) is 74.9 Å². The predicted molar refractivity (Wildman–Crippen MR) is 204 cm³/mol. The van der Waals surface area contributed by atoms with Gasteiger partial charge in [-0.15, -0.1) is 0 Å². The van der Waals surface area contributed by atoms with Gasteiger partial charge < -0.3 is 9.47 Å². The number of carbonyl (C=O) groups is 6.